The van der Waals surface area contributed by atoms with Gasteiger partial charge in [0.05, 0.1) is 6.10 Å². The molecule has 31 heavy (non-hydrogen) atoms. The molecule has 3 heterocycles. The maximum atomic E-state index is 12.7. The molecule has 0 aromatic carbocycles. The van der Waals surface area contributed by atoms with Gasteiger partial charge in [-0.2, -0.15) is 0 Å². The standard InChI is InChI=1S/C23H38N4O3.HI/c1-22(2,3)30-21(28)27-15-6-7-16(27)13-14(12-15)25-20(24-4)26-18-17-8-11-29-19(17)23(18)9-5-10-23;/h14-19H,5-13H2,1-4H3,(H2,24,25,26);1H. The average Bonchev–Trinajstić information content (AvgIpc) is 3.16. The van der Waals surface area contributed by atoms with Crippen LogP contribution in [0.25, 0.3) is 0 Å². The summed E-state index contributed by atoms with van der Waals surface area (Å²) in [5.41, 5.74) is -0.0997. The van der Waals surface area contributed by atoms with Crippen molar-refractivity contribution in [2.75, 3.05) is 13.7 Å². The number of ether oxygens (including phenoxy) is 2. The first-order valence-electron chi connectivity index (χ1n) is 11.9. The highest BCUT2D eigenvalue weighted by molar-refractivity contribution is 14.0. The van der Waals surface area contributed by atoms with E-state index in [0.29, 0.717) is 29.5 Å². The van der Waals surface area contributed by atoms with Gasteiger partial charge in [0.1, 0.15) is 5.60 Å². The van der Waals surface area contributed by atoms with Gasteiger partial charge in [-0.25, -0.2) is 4.79 Å². The van der Waals surface area contributed by atoms with E-state index in [0.717, 1.165) is 38.2 Å². The second-order valence-electron chi connectivity index (χ2n) is 11.1. The summed E-state index contributed by atoms with van der Waals surface area (Å²) in [5.74, 6) is 1.56. The number of carbonyl (C=O) groups is 1. The SMILES string of the molecule is CN=C(NC1CC2CCC(C1)N2C(=O)OC(C)(C)C)NC1C2CCOC2C12CCC2.I. The molecule has 8 heteroatoms. The minimum absolute atomic E-state index is 0. The number of hydrogen-bond acceptors (Lipinski definition) is 4. The summed E-state index contributed by atoms with van der Waals surface area (Å²) in [6, 6.07) is 1.37. The van der Waals surface area contributed by atoms with Crippen LogP contribution in [0.1, 0.15) is 72.1 Å². The molecule has 2 bridgehead atoms. The van der Waals surface area contributed by atoms with E-state index in [1.807, 2.05) is 32.7 Å². The van der Waals surface area contributed by atoms with E-state index in [9.17, 15) is 4.79 Å². The Morgan fingerprint density at radius 2 is 1.81 bits per heavy atom. The number of nitrogens with one attached hydrogen (secondary N) is 2. The van der Waals surface area contributed by atoms with E-state index < -0.39 is 5.60 Å². The third kappa shape index (κ3) is 4.04. The summed E-state index contributed by atoms with van der Waals surface area (Å²) < 4.78 is 11.7. The van der Waals surface area contributed by atoms with Crippen LogP contribution in [0.15, 0.2) is 4.99 Å². The van der Waals surface area contributed by atoms with Gasteiger partial charge in [-0.3, -0.25) is 4.99 Å². The number of aliphatic imine (C=N–C) groups is 1. The second kappa shape index (κ2) is 8.54. The molecule has 2 saturated carbocycles. The molecule has 2 N–H and O–H groups in total. The zero-order valence-corrected chi connectivity index (χ0v) is 21.7. The molecular formula is C23H39IN4O3. The lowest BCUT2D eigenvalue weighted by Crippen LogP contribution is -2.73. The van der Waals surface area contributed by atoms with E-state index >= 15 is 0 Å². The van der Waals surface area contributed by atoms with Crippen LogP contribution in [-0.4, -0.2) is 66.5 Å². The number of halogens is 1. The van der Waals surface area contributed by atoms with Gasteiger partial charge in [0, 0.05) is 49.2 Å². The van der Waals surface area contributed by atoms with Crippen LogP contribution in [0.4, 0.5) is 4.79 Å². The van der Waals surface area contributed by atoms with E-state index in [1.165, 1.54) is 25.7 Å². The van der Waals surface area contributed by atoms with Crippen molar-refractivity contribution in [1.82, 2.24) is 15.5 Å². The Hall–Kier alpha value is -0.770. The van der Waals surface area contributed by atoms with Gasteiger partial charge in [0.25, 0.3) is 0 Å². The van der Waals surface area contributed by atoms with Crippen molar-refractivity contribution in [1.29, 1.82) is 0 Å². The fourth-order valence-electron chi connectivity index (χ4n) is 6.87. The van der Waals surface area contributed by atoms with Crippen LogP contribution in [-0.2, 0) is 9.47 Å². The summed E-state index contributed by atoms with van der Waals surface area (Å²) >= 11 is 0. The highest BCUT2D eigenvalue weighted by Crippen LogP contribution is 2.62. The normalized spacial score (nSPS) is 37.9. The lowest BCUT2D eigenvalue weighted by Gasteiger charge is -2.63. The zero-order valence-electron chi connectivity index (χ0n) is 19.4. The summed E-state index contributed by atoms with van der Waals surface area (Å²) in [5, 5.41) is 7.48. The Labute approximate surface area is 203 Å². The van der Waals surface area contributed by atoms with E-state index in [4.69, 9.17) is 9.47 Å². The number of fused-ring (bicyclic) bond motifs is 4. The minimum atomic E-state index is -0.445. The van der Waals surface area contributed by atoms with Crippen LogP contribution in [0.2, 0.25) is 0 Å². The van der Waals surface area contributed by atoms with Crippen LogP contribution < -0.4 is 10.6 Å². The van der Waals surface area contributed by atoms with Gasteiger partial charge in [0.2, 0.25) is 0 Å². The van der Waals surface area contributed by atoms with Crippen molar-refractivity contribution in [3.8, 4) is 0 Å². The largest absolute Gasteiger partial charge is 0.444 e. The Morgan fingerprint density at radius 3 is 2.35 bits per heavy atom. The number of nitrogens with zero attached hydrogens (tertiary/aromatic N) is 2. The Balaban J connectivity index is 0.00000231. The second-order valence-corrected chi connectivity index (χ2v) is 11.1. The van der Waals surface area contributed by atoms with Crippen LogP contribution in [0, 0.1) is 11.3 Å². The van der Waals surface area contributed by atoms with Crippen LogP contribution in [0.5, 0.6) is 0 Å². The predicted molar refractivity (Wildman–Crippen MR) is 131 cm³/mol. The van der Waals surface area contributed by atoms with Crippen molar-refractivity contribution in [3.05, 3.63) is 0 Å². The third-order valence-electron chi connectivity index (χ3n) is 8.23. The molecule has 5 rings (SSSR count). The van der Waals surface area contributed by atoms with Gasteiger partial charge in [-0.05, 0) is 65.7 Å². The first kappa shape index (κ1) is 23.4. The molecule has 7 nitrogen and oxygen atoms in total. The molecule has 0 aromatic heterocycles. The smallest absolute Gasteiger partial charge is 0.410 e. The molecule has 5 fully saturated rings. The predicted octanol–water partition coefficient (Wildman–Crippen LogP) is 3.66. The molecule has 1 spiro atoms. The maximum absolute atomic E-state index is 12.7. The molecular weight excluding hydrogens is 507 g/mol. The highest BCUT2D eigenvalue weighted by atomic mass is 127. The monoisotopic (exact) mass is 546 g/mol. The topological polar surface area (TPSA) is 75.2 Å². The fourth-order valence-corrected chi connectivity index (χ4v) is 6.87. The molecule has 3 aliphatic heterocycles. The number of amides is 1. The van der Waals surface area contributed by atoms with E-state index in [2.05, 4.69) is 15.6 Å². The highest BCUT2D eigenvalue weighted by Gasteiger charge is 2.66. The molecule has 1 amide bonds. The molecule has 3 saturated heterocycles. The van der Waals surface area contributed by atoms with Crippen molar-refractivity contribution in [2.24, 2.45) is 16.3 Å². The van der Waals surface area contributed by atoms with Crippen molar-refractivity contribution in [2.45, 2.75) is 108 Å². The van der Waals surface area contributed by atoms with Gasteiger partial charge >= 0.3 is 6.09 Å². The minimum Gasteiger partial charge on any atom is -0.444 e. The van der Waals surface area contributed by atoms with Gasteiger partial charge < -0.3 is 25.0 Å². The Morgan fingerprint density at radius 1 is 1.13 bits per heavy atom. The molecule has 5 aliphatic rings. The summed E-state index contributed by atoms with van der Waals surface area (Å²) in [7, 11) is 1.87. The Bertz CT molecular complexity index is 706. The summed E-state index contributed by atoms with van der Waals surface area (Å²) in [6.45, 7) is 6.72. The van der Waals surface area contributed by atoms with Crippen LogP contribution in [0.3, 0.4) is 0 Å². The number of guanidine groups is 1. The molecule has 0 radical (unpaired) electrons. The molecule has 5 unspecified atom stereocenters. The zero-order chi connectivity index (χ0) is 21.1. The van der Waals surface area contributed by atoms with Gasteiger partial charge in [-0.15, -0.1) is 24.0 Å². The van der Waals surface area contributed by atoms with Crippen molar-refractivity contribution >= 4 is 36.0 Å². The number of piperidine rings is 1. The lowest BCUT2D eigenvalue weighted by atomic mass is 9.46. The number of rotatable bonds is 2. The maximum Gasteiger partial charge on any atom is 0.410 e. The van der Waals surface area contributed by atoms with E-state index in [-0.39, 0.29) is 42.2 Å². The van der Waals surface area contributed by atoms with Crippen LogP contribution >= 0.6 is 24.0 Å². The first-order chi connectivity index (χ1) is 14.3. The number of hydrogen-bond donors (Lipinski definition) is 2. The Kier molecular flexibility index (Phi) is 6.44. The molecule has 176 valence electrons. The third-order valence-corrected chi connectivity index (χ3v) is 8.23. The van der Waals surface area contributed by atoms with E-state index in [1.54, 1.807) is 0 Å². The van der Waals surface area contributed by atoms with Gasteiger partial charge in [0.15, 0.2) is 5.96 Å². The van der Waals surface area contributed by atoms with Crippen molar-refractivity contribution in [3.63, 3.8) is 0 Å². The summed E-state index contributed by atoms with van der Waals surface area (Å²) in [4.78, 5) is 19.3. The quantitative estimate of drug-likeness (QED) is 0.314. The summed E-state index contributed by atoms with van der Waals surface area (Å²) in [6.07, 6.45) is 9.43. The van der Waals surface area contributed by atoms with Crippen molar-refractivity contribution < 1.29 is 14.3 Å². The molecule has 5 atom stereocenters. The molecule has 2 aliphatic carbocycles. The van der Waals surface area contributed by atoms with Gasteiger partial charge in [-0.1, -0.05) is 6.42 Å². The molecule has 0 aromatic rings. The average molecular weight is 546 g/mol. The lowest BCUT2D eigenvalue weighted by molar-refractivity contribution is -0.171. The fraction of sp³-hybridized carbons (Fsp3) is 0.913. The first-order valence-corrected chi connectivity index (χ1v) is 11.9. The number of carbonyl (C=O) groups excluding carboxylic acids is 1.